The second kappa shape index (κ2) is 6.52. The number of rotatable bonds is 3. The number of aromatic nitrogens is 2. The van der Waals surface area contributed by atoms with Crippen LogP contribution in [-0.4, -0.2) is 21.7 Å². The largest absolute Gasteiger partial charge is 0.506 e. The number of nitrogens with zero attached hydrogens (tertiary/aromatic N) is 1. The van der Waals surface area contributed by atoms with Crippen molar-refractivity contribution in [2.75, 3.05) is 6.61 Å². The molecule has 0 saturated carbocycles. The van der Waals surface area contributed by atoms with Crippen LogP contribution in [0.15, 0.2) is 41.2 Å². The van der Waals surface area contributed by atoms with Crippen molar-refractivity contribution in [2.24, 2.45) is 0 Å². The molecule has 0 amide bonds. The summed E-state index contributed by atoms with van der Waals surface area (Å²) in [7, 11) is 0. The number of benzene rings is 1. The summed E-state index contributed by atoms with van der Waals surface area (Å²) in [6, 6.07) is 8.46. The Bertz CT molecular complexity index is 1240. The summed E-state index contributed by atoms with van der Waals surface area (Å²) < 4.78 is 46.9. The van der Waals surface area contributed by atoms with Crippen LogP contribution in [-0.2, 0) is 6.18 Å². The number of aromatic hydroxyl groups is 1. The molecule has 0 radical (unpaired) electrons. The van der Waals surface area contributed by atoms with Crippen molar-refractivity contribution in [2.45, 2.75) is 13.1 Å². The molecule has 3 heterocycles. The number of nitrogens with one attached hydrogen (secondary N) is 1. The number of ether oxygens (including phenoxy) is 1. The van der Waals surface area contributed by atoms with E-state index in [0.29, 0.717) is 17.9 Å². The highest BCUT2D eigenvalue weighted by atomic mass is 32.1. The summed E-state index contributed by atoms with van der Waals surface area (Å²) in [5.41, 5.74) is -1.05. The van der Waals surface area contributed by atoms with Crippen molar-refractivity contribution in [1.29, 1.82) is 0 Å². The number of hydrogen-bond donors (Lipinski definition) is 2. The van der Waals surface area contributed by atoms with Crippen LogP contribution < -0.4 is 10.3 Å². The highest BCUT2D eigenvalue weighted by molar-refractivity contribution is 7.25. The summed E-state index contributed by atoms with van der Waals surface area (Å²) in [6.07, 6.45) is -4.67. The topological polar surface area (TPSA) is 75.2 Å². The molecule has 0 atom stereocenters. The predicted octanol–water partition coefficient (Wildman–Crippen LogP) is 4.93. The van der Waals surface area contributed by atoms with E-state index in [4.69, 9.17) is 4.74 Å². The highest BCUT2D eigenvalue weighted by Gasteiger charge is 2.35. The average molecular weight is 406 g/mol. The Kier molecular flexibility index (Phi) is 4.26. The van der Waals surface area contributed by atoms with Crippen molar-refractivity contribution in [3.05, 3.63) is 52.3 Å². The van der Waals surface area contributed by atoms with E-state index in [1.807, 2.05) is 6.92 Å². The SMILES string of the molecule is CCOc1ccc(-c2cc(C(F)(F)F)c3c(n2)sc2c(O)cc(=O)[nH]c23)cc1. The van der Waals surface area contributed by atoms with Crippen LogP contribution in [0.5, 0.6) is 11.5 Å². The smallest absolute Gasteiger partial charge is 0.417 e. The highest BCUT2D eigenvalue weighted by Crippen LogP contribution is 2.44. The van der Waals surface area contributed by atoms with Crippen LogP contribution in [0.4, 0.5) is 13.2 Å². The molecule has 2 N–H and O–H groups in total. The third kappa shape index (κ3) is 3.07. The fourth-order valence-corrected chi connectivity index (χ4v) is 4.08. The molecule has 144 valence electrons. The summed E-state index contributed by atoms with van der Waals surface area (Å²) in [5.74, 6) is 0.227. The molecule has 0 fully saturated rings. The average Bonchev–Trinajstić information content (AvgIpc) is 3.00. The van der Waals surface area contributed by atoms with Gasteiger partial charge in [0.2, 0.25) is 0 Å². The molecular formula is C19H13F3N2O3S. The zero-order chi connectivity index (χ0) is 20.1. The number of H-pyrrole nitrogens is 1. The lowest BCUT2D eigenvalue weighted by Crippen LogP contribution is -2.08. The van der Waals surface area contributed by atoms with Crippen molar-refractivity contribution in [3.63, 3.8) is 0 Å². The Morgan fingerprint density at radius 1 is 1.21 bits per heavy atom. The lowest BCUT2D eigenvalue weighted by Gasteiger charge is -2.11. The Morgan fingerprint density at radius 2 is 1.93 bits per heavy atom. The van der Waals surface area contributed by atoms with Crippen molar-refractivity contribution >= 4 is 31.8 Å². The van der Waals surface area contributed by atoms with Gasteiger partial charge in [-0.15, -0.1) is 11.3 Å². The summed E-state index contributed by atoms with van der Waals surface area (Å²) >= 11 is 0.891. The van der Waals surface area contributed by atoms with E-state index in [2.05, 4.69) is 9.97 Å². The van der Waals surface area contributed by atoms with Crippen LogP contribution in [0, 0.1) is 0 Å². The molecule has 0 bridgehead atoms. The van der Waals surface area contributed by atoms with Gasteiger partial charge in [-0.1, -0.05) is 0 Å². The quantitative estimate of drug-likeness (QED) is 0.506. The number of pyridine rings is 2. The maximum Gasteiger partial charge on any atom is 0.417 e. The fraction of sp³-hybridized carbons (Fsp3) is 0.158. The second-order valence-corrected chi connectivity index (χ2v) is 7.01. The first-order valence-electron chi connectivity index (χ1n) is 8.28. The molecule has 28 heavy (non-hydrogen) atoms. The van der Waals surface area contributed by atoms with Gasteiger partial charge in [-0.2, -0.15) is 13.2 Å². The maximum atomic E-state index is 13.8. The van der Waals surface area contributed by atoms with E-state index in [1.165, 1.54) is 0 Å². The molecule has 3 aromatic heterocycles. The minimum atomic E-state index is -4.67. The van der Waals surface area contributed by atoms with Crippen LogP contribution >= 0.6 is 11.3 Å². The first kappa shape index (κ1) is 18.3. The van der Waals surface area contributed by atoms with Crippen molar-refractivity contribution in [1.82, 2.24) is 9.97 Å². The molecule has 1 aromatic carbocycles. The number of halogens is 3. The number of thiophene rings is 1. The van der Waals surface area contributed by atoms with Gasteiger partial charge in [0.1, 0.15) is 16.3 Å². The number of alkyl halides is 3. The van der Waals surface area contributed by atoms with Crippen LogP contribution in [0.1, 0.15) is 12.5 Å². The maximum absolute atomic E-state index is 13.8. The van der Waals surface area contributed by atoms with Gasteiger partial charge in [0, 0.05) is 17.0 Å². The minimum Gasteiger partial charge on any atom is -0.506 e. The zero-order valence-corrected chi connectivity index (χ0v) is 15.2. The minimum absolute atomic E-state index is 0.0666. The van der Waals surface area contributed by atoms with E-state index >= 15 is 0 Å². The Labute approximate surface area is 160 Å². The third-order valence-electron chi connectivity index (χ3n) is 4.18. The zero-order valence-electron chi connectivity index (χ0n) is 14.4. The van der Waals surface area contributed by atoms with Crippen LogP contribution in [0.3, 0.4) is 0 Å². The van der Waals surface area contributed by atoms with Gasteiger partial charge in [0.05, 0.1) is 28.1 Å². The molecule has 4 rings (SSSR count). The van der Waals surface area contributed by atoms with Gasteiger partial charge in [-0.25, -0.2) is 4.98 Å². The standard InChI is InChI=1S/C19H13F3N2O3S/c1-2-27-10-5-3-9(4-6-10)12-7-11(19(20,21)22)15-16-17(28-18(15)23-12)13(25)8-14(26)24-16/h3-8H,2H2,1H3,(H2,24,25,26). The number of fused-ring (bicyclic) bond motifs is 3. The van der Waals surface area contributed by atoms with Crippen LogP contribution in [0.2, 0.25) is 0 Å². The molecule has 0 aliphatic heterocycles. The molecule has 9 heteroatoms. The van der Waals surface area contributed by atoms with Gasteiger partial charge in [0.25, 0.3) is 5.56 Å². The number of aromatic amines is 1. The molecule has 0 aliphatic rings. The van der Waals surface area contributed by atoms with Crippen molar-refractivity contribution < 1.29 is 23.0 Å². The fourth-order valence-electron chi connectivity index (χ4n) is 3.01. The lowest BCUT2D eigenvalue weighted by molar-refractivity contribution is -0.136. The van der Waals surface area contributed by atoms with E-state index in [9.17, 15) is 23.1 Å². The van der Waals surface area contributed by atoms with Crippen LogP contribution in [0.25, 0.3) is 31.7 Å². The van der Waals surface area contributed by atoms with Gasteiger partial charge in [-0.05, 0) is 37.3 Å². The Hall–Kier alpha value is -3.07. The summed E-state index contributed by atoms with van der Waals surface area (Å²) in [4.78, 5) is 18.5. The number of hydrogen-bond acceptors (Lipinski definition) is 5. The predicted molar refractivity (Wildman–Crippen MR) is 101 cm³/mol. The monoisotopic (exact) mass is 406 g/mol. The molecule has 0 unspecified atom stereocenters. The van der Waals surface area contributed by atoms with Gasteiger partial charge in [0.15, 0.2) is 0 Å². The molecule has 5 nitrogen and oxygen atoms in total. The van der Waals surface area contributed by atoms with E-state index < -0.39 is 17.3 Å². The van der Waals surface area contributed by atoms with Crippen molar-refractivity contribution in [3.8, 4) is 22.8 Å². The Morgan fingerprint density at radius 3 is 2.57 bits per heavy atom. The van der Waals surface area contributed by atoms with Gasteiger partial charge < -0.3 is 14.8 Å². The third-order valence-corrected chi connectivity index (χ3v) is 5.28. The lowest BCUT2D eigenvalue weighted by atomic mass is 10.1. The normalized spacial score (nSPS) is 12.0. The molecule has 0 spiro atoms. The first-order valence-corrected chi connectivity index (χ1v) is 9.09. The molecule has 0 aliphatic carbocycles. The summed E-state index contributed by atoms with van der Waals surface area (Å²) in [5, 5.41) is 9.75. The van der Waals surface area contributed by atoms with Gasteiger partial charge >= 0.3 is 6.18 Å². The van der Waals surface area contributed by atoms with E-state index in [-0.39, 0.29) is 31.9 Å². The Balaban J connectivity index is 2.01. The molecular weight excluding hydrogens is 393 g/mol. The molecule has 0 saturated heterocycles. The van der Waals surface area contributed by atoms with Gasteiger partial charge in [-0.3, -0.25) is 4.79 Å². The first-order chi connectivity index (χ1) is 13.3. The van der Waals surface area contributed by atoms with E-state index in [1.54, 1.807) is 24.3 Å². The molecule has 4 aromatic rings. The summed E-state index contributed by atoms with van der Waals surface area (Å²) in [6.45, 7) is 2.31. The van der Waals surface area contributed by atoms with E-state index in [0.717, 1.165) is 23.5 Å². The second-order valence-electron chi connectivity index (χ2n) is 6.02.